The number of carbonyl (C=O) groups is 1. The molecule has 0 radical (unpaired) electrons. The number of benzene rings is 1. The summed E-state index contributed by atoms with van der Waals surface area (Å²) in [6.07, 6.45) is -6.44. The van der Waals surface area contributed by atoms with Crippen molar-refractivity contribution in [3.63, 3.8) is 0 Å². The molecule has 1 aliphatic rings. The number of aromatic nitrogens is 1. The van der Waals surface area contributed by atoms with Crippen LogP contribution in [0.4, 0.5) is 22.4 Å². The van der Waals surface area contributed by atoms with Gasteiger partial charge >= 0.3 is 18.2 Å². The average molecular weight is 433 g/mol. The second kappa shape index (κ2) is 7.69. The molecule has 0 aliphatic carbocycles. The number of alkyl halides is 4. The summed E-state index contributed by atoms with van der Waals surface area (Å²) in [7, 11) is 0. The molecule has 0 saturated carbocycles. The van der Waals surface area contributed by atoms with Crippen molar-refractivity contribution in [3.8, 4) is 17.2 Å². The van der Waals surface area contributed by atoms with Gasteiger partial charge in [0.25, 0.3) is 0 Å². The Hall–Kier alpha value is -2.56. The predicted octanol–water partition coefficient (Wildman–Crippen LogP) is 4.60. The highest BCUT2D eigenvalue weighted by molar-refractivity contribution is 7.09. The van der Waals surface area contributed by atoms with Gasteiger partial charge < -0.3 is 14.8 Å². The zero-order valence-corrected chi connectivity index (χ0v) is 16.7. The molecule has 1 aliphatic heterocycles. The fourth-order valence-corrected chi connectivity index (χ4v) is 3.54. The number of carbonyl (C=O) groups excluding carboxylic acids is 1. The number of rotatable bonds is 4. The maximum absolute atomic E-state index is 13.5. The first-order chi connectivity index (χ1) is 13.6. The number of aryl methyl sites for hydroxylation is 1. The fourth-order valence-electron chi connectivity index (χ4n) is 2.71. The first-order valence-electron chi connectivity index (χ1n) is 8.88. The van der Waals surface area contributed by atoms with Crippen LogP contribution >= 0.6 is 11.3 Å². The SMILES string of the molecule is CCC(CC)NC(=O)/N=c1\sc(C)cn1-c1ccc2c(c1)OC(F)(F)C(F)(F)O2. The minimum Gasteiger partial charge on any atom is -0.421 e. The zero-order chi connectivity index (χ0) is 21.4. The van der Waals surface area contributed by atoms with Crippen molar-refractivity contribution in [2.75, 3.05) is 0 Å². The monoisotopic (exact) mass is 433 g/mol. The van der Waals surface area contributed by atoms with Gasteiger partial charge in [-0.1, -0.05) is 13.8 Å². The van der Waals surface area contributed by atoms with Crippen LogP contribution < -0.4 is 19.6 Å². The molecule has 1 N–H and O–H groups in total. The summed E-state index contributed by atoms with van der Waals surface area (Å²) in [5.74, 6) is -1.05. The Labute approximate surface area is 167 Å². The lowest BCUT2D eigenvalue weighted by molar-refractivity contribution is -0.391. The van der Waals surface area contributed by atoms with E-state index >= 15 is 0 Å². The molecule has 1 aromatic carbocycles. The van der Waals surface area contributed by atoms with Gasteiger partial charge in [0, 0.05) is 23.2 Å². The van der Waals surface area contributed by atoms with Crippen LogP contribution in [-0.2, 0) is 0 Å². The van der Waals surface area contributed by atoms with Crippen LogP contribution in [0.15, 0.2) is 29.4 Å². The number of fused-ring (bicyclic) bond motifs is 1. The normalized spacial score (nSPS) is 17.4. The summed E-state index contributed by atoms with van der Waals surface area (Å²) in [6.45, 7) is 5.67. The molecular formula is C18H19F4N3O3S. The van der Waals surface area contributed by atoms with Crippen molar-refractivity contribution in [2.45, 2.75) is 51.9 Å². The van der Waals surface area contributed by atoms with Crippen molar-refractivity contribution < 1.29 is 31.8 Å². The lowest BCUT2D eigenvalue weighted by atomic mass is 10.2. The molecule has 2 heterocycles. The Morgan fingerprint density at radius 1 is 1.17 bits per heavy atom. The predicted molar refractivity (Wildman–Crippen MR) is 98.0 cm³/mol. The molecule has 158 valence electrons. The summed E-state index contributed by atoms with van der Waals surface area (Å²) >= 11 is 1.21. The summed E-state index contributed by atoms with van der Waals surface area (Å²) in [6, 6.07) is 3.06. The summed E-state index contributed by atoms with van der Waals surface area (Å²) in [5, 5.41) is 2.78. The number of nitrogens with one attached hydrogen (secondary N) is 1. The average Bonchev–Trinajstić information content (AvgIpc) is 2.99. The second-order valence-electron chi connectivity index (χ2n) is 6.44. The first-order valence-corrected chi connectivity index (χ1v) is 9.70. The van der Waals surface area contributed by atoms with Gasteiger partial charge in [-0.25, -0.2) is 4.79 Å². The summed E-state index contributed by atoms with van der Waals surface area (Å²) in [5.41, 5.74) is 0.298. The van der Waals surface area contributed by atoms with Crippen molar-refractivity contribution in [1.82, 2.24) is 9.88 Å². The molecule has 2 amide bonds. The Morgan fingerprint density at radius 2 is 1.79 bits per heavy atom. The molecule has 0 saturated heterocycles. The Morgan fingerprint density at radius 3 is 2.41 bits per heavy atom. The topological polar surface area (TPSA) is 64.9 Å². The maximum atomic E-state index is 13.5. The van der Waals surface area contributed by atoms with Gasteiger partial charge in [-0.3, -0.25) is 4.57 Å². The molecule has 0 unspecified atom stereocenters. The van der Waals surface area contributed by atoms with E-state index in [0.717, 1.165) is 29.9 Å². The number of thiazole rings is 1. The fraction of sp³-hybridized carbons (Fsp3) is 0.444. The summed E-state index contributed by atoms with van der Waals surface area (Å²) < 4.78 is 63.3. The third kappa shape index (κ3) is 4.24. The largest absolute Gasteiger partial charge is 0.507 e. The number of urea groups is 1. The van der Waals surface area contributed by atoms with E-state index in [1.807, 2.05) is 13.8 Å². The Kier molecular flexibility index (Phi) is 5.61. The minimum absolute atomic E-state index is 0.0149. The summed E-state index contributed by atoms with van der Waals surface area (Å²) in [4.78, 5) is 17.3. The van der Waals surface area contributed by atoms with Crippen LogP contribution in [0.5, 0.6) is 11.5 Å². The highest BCUT2D eigenvalue weighted by Crippen LogP contribution is 2.47. The van der Waals surface area contributed by atoms with Gasteiger partial charge in [0.2, 0.25) is 0 Å². The Bertz CT molecular complexity index is 983. The van der Waals surface area contributed by atoms with Crippen LogP contribution in [0.1, 0.15) is 31.6 Å². The third-order valence-electron chi connectivity index (χ3n) is 4.30. The molecule has 0 spiro atoms. The minimum atomic E-state index is -4.81. The van der Waals surface area contributed by atoms with E-state index in [9.17, 15) is 22.4 Å². The lowest BCUT2D eigenvalue weighted by Crippen LogP contribution is -2.52. The zero-order valence-electron chi connectivity index (χ0n) is 15.8. The van der Waals surface area contributed by atoms with Crippen LogP contribution in [0.2, 0.25) is 0 Å². The number of ether oxygens (including phenoxy) is 2. The molecule has 0 atom stereocenters. The standard InChI is InChI=1S/C18H19F4N3O3S/c1-4-11(5-2)23-15(26)24-16-25(9-10(3)29-16)12-6-7-13-14(8-12)28-18(21,22)17(19,20)27-13/h6-9,11H,4-5H2,1-3H3,(H,23,26)/b24-16-. The van der Waals surface area contributed by atoms with Crippen LogP contribution in [0.25, 0.3) is 5.69 Å². The van der Waals surface area contributed by atoms with Crippen LogP contribution in [0.3, 0.4) is 0 Å². The van der Waals surface area contributed by atoms with Crippen molar-refractivity contribution in [2.24, 2.45) is 4.99 Å². The molecule has 6 nitrogen and oxygen atoms in total. The van der Waals surface area contributed by atoms with Crippen molar-refractivity contribution in [1.29, 1.82) is 0 Å². The van der Waals surface area contributed by atoms with Crippen molar-refractivity contribution in [3.05, 3.63) is 34.1 Å². The van der Waals surface area contributed by atoms with Crippen LogP contribution in [0, 0.1) is 6.92 Å². The molecule has 1 aromatic heterocycles. The van der Waals surface area contributed by atoms with Crippen LogP contribution in [-0.4, -0.2) is 28.9 Å². The van der Waals surface area contributed by atoms with E-state index in [1.54, 1.807) is 13.1 Å². The van der Waals surface area contributed by atoms with E-state index in [0.29, 0.717) is 10.5 Å². The molecule has 11 heteroatoms. The highest BCUT2D eigenvalue weighted by atomic mass is 32.1. The molecule has 0 fully saturated rings. The second-order valence-corrected chi connectivity index (χ2v) is 7.65. The molecule has 3 rings (SSSR count). The van der Waals surface area contributed by atoms with Gasteiger partial charge in [-0.05, 0) is 31.9 Å². The van der Waals surface area contributed by atoms with Crippen molar-refractivity contribution >= 4 is 17.4 Å². The third-order valence-corrected chi connectivity index (χ3v) is 5.20. The number of amides is 2. The van der Waals surface area contributed by atoms with E-state index in [4.69, 9.17) is 0 Å². The maximum Gasteiger partial charge on any atom is 0.507 e. The van der Waals surface area contributed by atoms with Gasteiger partial charge in [0.15, 0.2) is 16.3 Å². The van der Waals surface area contributed by atoms with E-state index in [2.05, 4.69) is 19.8 Å². The molecule has 0 bridgehead atoms. The number of hydrogen-bond donors (Lipinski definition) is 1. The molecule has 2 aromatic rings. The number of hydrogen-bond acceptors (Lipinski definition) is 4. The van der Waals surface area contributed by atoms with Gasteiger partial charge in [0.1, 0.15) is 0 Å². The lowest BCUT2D eigenvalue weighted by Gasteiger charge is -2.31. The first kappa shape index (κ1) is 21.2. The van der Waals surface area contributed by atoms with E-state index < -0.39 is 29.7 Å². The van der Waals surface area contributed by atoms with E-state index in [1.165, 1.54) is 22.0 Å². The Balaban J connectivity index is 1.97. The molecule has 29 heavy (non-hydrogen) atoms. The van der Waals surface area contributed by atoms with Gasteiger partial charge in [0.05, 0.1) is 5.69 Å². The number of nitrogens with zero attached hydrogens (tertiary/aromatic N) is 2. The van der Waals surface area contributed by atoms with Gasteiger partial charge in [-0.15, -0.1) is 11.3 Å². The number of halogens is 4. The molecular weight excluding hydrogens is 414 g/mol. The van der Waals surface area contributed by atoms with E-state index in [-0.39, 0.29) is 6.04 Å². The smallest absolute Gasteiger partial charge is 0.421 e. The van der Waals surface area contributed by atoms with Gasteiger partial charge in [-0.2, -0.15) is 22.6 Å². The quantitative estimate of drug-likeness (QED) is 0.717. The highest BCUT2D eigenvalue weighted by Gasteiger charge is 2.65.